The predicted octanol–water partition coefficient (Wildman–Crippen LogP) is 2.88. The van der Waals surface area contributed by atoms with Crippen molar-refractivity contribution in [1.82, 2.24) is 0 Å². The fourth-order valence-corrected chi connectivity index (χ4v) is 1.55. The summed E-state index contributed by atoms with van der Waals surface area (Å²) in [6.07, 6.45) is 0.0378. The molecule has 0 saturated carbocycles. The highest BCUT2D eigenvalue weighted by molar-refractivity contribution is 6.30. The van der Waals surface area contributed by atoms with Gasteiger partial charge in [-0.1, -0.05) is 23.7 Å². The summed E-state index contributed by atoms with van der Waals surface area (Å²) in [5.74, 6) is 0.0825. The molecule has 15 heavy (non-hydrogen) atoms. The Bertz CT molecular complexity index is 336. The van der Waals surface area contributed by atoms with E-state index in [1.807, 2.05) is 19.1 Å². The Labute approximate surface area is 95.2 Å². The second-order valence-corrected chi connectivity index (χ2v) is 3.81. The van der Waals surface area contributed by atoms with Gasteiger partial charge >= 0.3 is 0 Å². The molecule has 0 spiro atoms. The van der Waals surface area contributed by atoms with E-state index >= 15 is 0 Å². The quantitative estimate of drug-likeness (QED) is 0.772. The first kappa shape index (κ1) is 12.2. The highest BCUT2D eigenvalue weighted by Crippen LogP contribution is 2.12. The number of hydrogen-bond acceptors (Lipinski definition) is 2. The van der Waals surface area contributed by atoms with Gasteiger partial charge in [-0.25, -0.2) is 0 Å². The second kappa shape index (κ2) is 5.89. The minimum Gasteiger partial charge on any atom is -0.371 e. The molecule has 1 atom stereocenters. The molecule has 1 rings (SSSR count). The predicted molar refractivity (Wildman–Crippen MR) is 61.3 cm³/mol. The van der Waals surface area contributed by atoms with E-state index in [0.29, 0.717) is 18.1 Å². The van der Waals surface area contributed by atoms with Crippen LogP contribution in [0, 0.1) is 0 Å². The lowest BCUT2D eigenvalue weighted by Gasteiger charge is -2.10. The Hall–Kier alpha value is -0.860. The van der Waals surface area contributed by atoms with Gasteiger partial charge in [0.25, 0.3) is 0 Å². The molecule has 0 heterocycles. The molecule has 0 saturated heterocycles. The molecule has 0 bridgehead atoms. The molecule has 0 amide bonds. The summed E-state index contributed by atoms with van der Waals surface area (Å²) in [6, 6.07) is 7.33. The van der Waals surface area contributed by atoms with Crippen LogP contribution in [0.15, 0.2) is 24.3 Å². The van der Waals surface area contributed by atoms with Crippen LogP contribution in [0.1, 0.15) is 19.4 Å². The van der Waals surface area contributed by atoms with Crippen molar-refractivity contribution in [3.05, 3.63) is 34.9 Å². The van der Waals surface area contributed by atoms with Crippen LogP contribution in [-0.2, 0) is 16.0 Å². The highest BCUT2D eigenvalue weighted by Gasteiger charge is 2.12. The molecular formula is C12H15ClO2. The third-order valence-corrected chi connectivity index (χ3v) is 2.37. The monoisotopic (exact) mass is 226 g/mol. The molecule has 0 radical (unpaired) electrons. The van der Waals surface area contributed by atoms with Crippen molar-refractivity contribution in [2.24, 2.45) is 0 Å². The Balaban J connectivity index is 2.58. The first-order valence-corrected chi connectivity index (χ1v) is 5.40. The summed E-state index contributed by atoms with van der Waals surface area (Å²) in [5, 5.41) is 0.657. The molecule has 1 aromatic carbocycles. The van der Waals surface area contributed by atoms with Crippen LogP contribution in [0.5, 0.6) is 0 Å². The Morgan fingerprint density at radius 3 is 2.87 bits per heavy atom. The zero-order valence-corrected chi connectivity index (χ0v) is 9.75. The van der Waals surface area contributed by atoms with E-state index in [0.717, 1.165) is 5.56 Å². The summed E-state index contributed by atoms with van der Waals surface area (Å²) in [5.41, 5.74) is 0.930. The molecule has 0 aliphatic rings. The maximum Gasteiger partial charge on any atom is 0.165 e. The van der Waals surface area contributed by atoms with Gasteiger partial charge in [0, 0.05) is 18.1 Å². The minimum atomic E-state index is -0.339. The summed E-state index contributed by atoms with van der Waals surface area (Å²) >= 11 is 5.83. The standard InChI is InChI=1S/C12H15ClO2/c1-3-15-9(2)12(14)8-10-5-4-6-11(13)7-10/h4-7,9H,3,8H2,1-2H3. The normalized spacial score (nSPS) is 12.5. The number of hydrogen-bond donors (Lipinski definition) is 0. The molecular weight excluding hydrogens is 212 g/mol. The lowest BCUT2D eigenvalue weighted by atomic mass is 10.1. The van der Waals surface area contributed by atoms with Crippen LogP contribution in [0.3, 0.4) is 0 Å². The van der Waals surface area contributed by atoms with Crippen LogP contribution in [0.25, 0.3) is 0 Å². The molecule has 1 unspecified atom stereocenters. The van der Waals surface area contributed by atoms with Gasteiger partial charge in [0.2, 0.25) is 0 Å². The Morgan fingerprint density at radius 2 is 2.27 bits per heavy atom. The minimum absolute atomic E-state index is 0.0825. The van der Waals surface area contributed by atoms with Crippen LogP contribution < -0.4 is 0 Å². The topological polar surface area (TPSA) is 26.3 Å². The molecule has 0 aliphatic carbocycles. The van der Waals surface area contributed by atoms with Gasteiger partial charge in [-0.3, -0.25) is 4.79 Å². The molecule has 82 valence electrons. The summed E-state index contributed by atoms with van der Waals surface area (Å²) in [6.45, 7) is 4.21. The molecule has 0 N–H and O–H groups in total. The molecule has 0 fully saturated rings. The van der Waals surface area contributed by atoms with Crippen molar-refractivity contribution in [3.8, 4) is 0 Å². The summed E-state index contributed by atoms with van der Waals surface area (Å²) in [7, 11) is 0. The Morgan fingerprint density at radius 1 is 1.53 bits per heavy atom. The largest absolute Gasteiger partial charge is 0.371 e. The van der Waals surface area contributed by atoms with Crippen molar-refractivity contribution in [2.75, 3.05) is 6.61 Å². The molecule has 3 heteroatoms. The fraction of sp³-hybridized carbons (Fsp3) is 0.417. The number of ether oxygens (including phenoxy) is 1. The van der Waals surface area contributed by atoms with Gasteiger partial charge < -0.3 is 4.74 Å². The number of carbonyl (C=O) groups is 1. The SMILES string of the molecule is CCOC(C)C(=O)Cc1cccc(Cl)c1. The molecule has 0 aromatic heterocycles. The van der Waals surface area contributed by atoms with E-state index in [4.69, 9.17) is 16.3 Å². The number of rotatable bonds is 5. The summed E-state index contributed by atoms with van der Waals surface area (Å²) < 4.78 is 5.22. The van der Waals surface area contributed by atoms with E-state index in [1.54, 1.807) is 19.1 Å². The molecule has 0 aliphatic heterocycles. The summed E-state index contributed by atoms with van der Waals surface area (Å²) in [4.78, 5) is 11.6. The van der Waals surface area contributed by atoms with E-state index in [1.165, 1.54) is 0 Å². The lowest BCUT2D eigenvalue weighted by molar-refractivity contribution is -0.128. The van der Waals surface area contributed by atoms with Crippen LogP contribution in [0.4, 0.5) is 0 Å². The van der Waals surface area contributed by atoms with E-state index in [9.17, 15) is 4.79 Å². The first-order valence-electron chi connectivity index (χ1n) is 5.02. The van der Waals surface area contributed by atoms with Crippen molar-refractivity contribution < 1.29 is 9.53 Å². The number of benzene rings is 1. The number of ketones is 1. The number of Topliss-reactive ketones (excluding diaryl/α,β-unsaturated/α-hetero) is 1. The van der Waals surface area contributed by atoms with E-state index < -0.39 is 0 Å². The number of carbonyl (C=O) groups excluding carboxylic acids is 1. The average molecular weight is 227 g/mol. The maximum atomic E-state index is 11.6. The van der Waals surface area contributed by atoms with Gasteiger partial charge in [-0.2, -0.15) is 0 Å². The average Bonchev–Trinajstić information content (AvgIpc) is 2.18. The third kappa shape index (κ3) is 4.02. The van der Waals surface area contributed by atoms with Crippen molar-refractivity contribution >= 4 is 17.4 Å². The third-order valence-electron chi connectivity index (χ3n) is 2.14. The van der Waals surface area contributed by atoms with Crippen molar-refractivity contribution in [1.29, 1.82) is 0 Å². The first-order chi connectivity index (χ1) is 7.13. The van der Waals surface area contributed by atoms with Crippen LogP contribution in [-0.4, -0.2) is 18.5 Å². The molecule has 2 nitrogen and oxygen atoms in total. The van der Waals surface area contributed by atoms with Gasteiger partial charge in [-0.05, 0) is 31.5 Å². The lowest BCUT2D eigenvalue weighted by Crippen LogP contribution is -2.22. The van der Waals surface area contributed by atoms with E-state index in [-0.39, 0.29) is 11.9 Å². The highest BCUT2D eigenvalue weighted by atomic mass is 35.5. The van der Waals surface area contributed by atoms with Crippen LogP contribution >= 0.6 is 11.6 Å². The zero-order valence-electron chi connectivity index (χ0n) is 9.00. The van der Waals surface area contributed by atoms with Gasteiger partial charge in [0.15, 0.2) is 5.78 Å². The van der Waals surface area contributed by atoms with Crippen molar-refractivity contribution in [2.45, 2.75) is 26.4 Å². The zero-order chi connectivity index (χ0) is 11.3. The van der Waals surface area contributed by atoms with Gasteiger partial charge in [-0.15, -0.1) is 0 Å². The smallest absolute Gasteiger partial charge is 0.165 e. The van der Waals surface area contributed by atoms with Crippen molar-refractivity contribution in [3.63, 3.8) is 0 Å². The van der Waals surface area contributed by atoms with Gasteiger partial charge in [0.1, 0.15) is 6.10 Å². The fourth-order valence-electron chi connectivity index (χ4n) is 1.33. The van der Waals surface area contributed by atoms with E-state index in [2.05, 4.69) is 0 Å². The van der Waals surface area contributed by atoms with Gasteiger partial charge in [0.05, 0.1) is 0 Å². The molecule has 1 aromatic rings. The number of halogens is 1. The van der Waals surface area contributed by atoms with Crippen LogP contribution in [0.2, 0.25) is 5.02 Å². The second-order valence-electron chi connectivity index (χ2n) is 3.37. The maximum absolute atomic E-state index is 11.6. The Kier molecular flexibility index (Phi) is 4.79.